The van der Waals surface area contributed by atoms with E-state index in [-0.39, 0.29) is 18.4 Å². The molecule has 2 aromatic carbocycles. The van der Waals surface area contributed by atoms with Crippen LogP contribution in [0.15, 0.2) is 48.5 Å². The molecule has 0 saturated carbocycles. The number of nitrogens with zero attached hydrogens (tertiary/aromatic N) is 2. The minimum absolute atomic E-state index is 0.117. The van der Waals surface area contributed by atoms with Gasteiger partial charge in [-0.3, -0.25) is 9.59 Å². The number of hydrogen-bond acceptors (Lipinski definition) is 5. The molecule has 4 rings (SSSR count). The van der Waals surface area contributed by atoms with Crippen LogP contribution in [0.1, 0.15) is 23.7 Å². The molecule has 0 N–H and O–H groups in total. The minimum Gasteiger partial charge on any atom is -0.494 e. The highest BCUT2D eigenvalue weighted by Gasteiger charge is 2.36. The van der Waals surface area contributed by atoms with Crippen LogP contribution in [0.25, 0.3) is 0 Å². The zero-order valence-electron chi connectivity index (χ0n) is 17.1. The van der Waals surface area contributed by atoms with Crippen LogP contribution in [0.3, 0.4) is 0 Å². The zero-order chi connectivity index (χ0) is 20.9. The lowest BCUT2D eigenvalue weighted by molar-refractivity contribution is -0.142. The monoisotopic (exact) mass is 410 g/mol. The Labute approximate surface area is 176 Å². The molecule has 2 aliphatic heterocycles. The van der Waals surface area contributed by atoms with E-state index < -0.39 is 6.10 Å². The molecule has 2 aliphatic rings. The van der Waals surface area contributed by atoms with Gasteiger partial charge in [0.1, 0.15) is 11.5 Å². The van der Waals surface area contributed by atoms with Crippen molar-refractivity contribution in [2.75, 3.05) is 44.4 Å². The van der Waals surface area contributed by atoms with E-state index >= 15 is 0 Å². The van der Waals surface area contributed by atoms with Gasteiger partial charge in [0.2, 0.25) is 0 Å². The Bertz CT molecular complexity index is 893. The van der Waals surface area contributed by atoms with Gasteiger partial charge < -0.3 is 24.0 Å². The average molecular weight is 410 g/mol. The Hall–Kier alpha value is -3.06. The maximum atomic E-state index is 13.3. The van der Waals surface area contributed by atoms with Gasteiger partial charge in [-0.1, -0.05) is 19.1 Å². The maximum absolute atomic E-state index is 13.3. The molecule has 1 unspecified atom stereocenters. The smallest absolute Gasteiger partial charge is 0.265 e. The Kier molecular flexibility index (Phi) is 6.18. The molecular formula is C23H26N2O5. The lowest BCUT2D eigenvalue weighted by Crippen LogP contribution is -2.54. The van der Waals surface area contributed by atoms with Crippen LogP contribution < -0.4 is 14.4 Å². The lowest BCUT2D eigenvalue weighted by Gasteiger charge is -2.37. The van der Waals surface area contributed by atoms with Crippen molar-refractivity contribution in [1.82, 2.24) is 4.90 Å². The van der Waals surface area contributed by atoms with E-state index in [9.17, 15) is 9.59 Å². The molecule has 158 valence electrons. The Balaban J connectivity index is 1.56. The molecular weight excluding hydrogens is 384 g/mol. The molecule has 0 bridgehead atoms. The molecule has 0 radical (unpaired) electrons. The van der Waals surface area contributed by atoms with Crippen molar-refractivity contribution < 1.29 is 23.8 Å². The van der Waals surface area contributed by atoms with Gasteiger partial charge in [-0.25, -0.2) is 0 Å². The summed E-state index contributed by atoms with van der Waals surface area (Å²) < 4.78 is 16.9. The first-order valence-electron chi connectivity index (χ1n) is 10.3. The molecule has 2 heterocycles. The summed E-state index contributed by atoms with van der Waals surface area (Å²) in [4.78, 5) is 29.7. The Morgan fingerprint density at radius 3 is 2.53 bits per heavy atom. The van der Waals surface area contributed by atoms with Crippen molar-refractivity contribution in [2.45, 2.75) is 19.4 Å². The van der Waals surface area contributed by atoms with Crippen molar-refractivity contribution in [3.8, 4) is 11.5 Å². The van der Waals surface area contributed by atoms with Crippen molar-refractivity contribution in [3.05, 3.63) is 54.1 Å². The number of anilines is 1. The van der Waals surface area contributed by atoms with Crippen LogP contribution in [-0.4, -0.2) is 62.3 Å². The second-order valence-corrected chi connectivity index (χ2v) is 7.30. The Morgan fingerprint density at radius 2 is 1.80 bits per heavy atom. The maximum Gasteiger partial charge on any atom is 0.265 e. The molecule has 30 heavy (non-hydrogen) atoms. The summed E-state index contributed by atoms with van der Waals surface area (Å²) in [5.74, 6) is 0.976. The summed E-state index contributed by atoms with van der Waals surface area (Å²) in [5.41, 5.74) is 1.20. The number of ether oxygens (including phenoxy) is 3. The first kappa shape index (κ1) is 20.2. The Morgan fingerprint density at radius 1 is 1.07 bits per heavy atom. The van der Waals surface area contributed by atoms with Gasteiger partial charge in [0.25, 0.3) is 11.8 Å². The van der Waals surface area contributed by atoms with Gasteiger partial charge in [0, 0.05) is 18.7 Å². The SMILES string of the molecule is CCCOc1ccc(C(=O)N2CC(C(=O)N3CCOCC3)Oc3ccccc32)cc1. The van der Waals surface area contributed by atoms with Gasteiger partial charge in [-0.2, -0.15) is 0 Å². The fourth-order valence-corrected chi connectivity index (χ4v) is 3.61. The molecule has 1 fully saturated rings. The zero-order valence-corrected chi connectivity index (χ0v) is 17.1. The molecule has 0 aromatic heterocycles. The van der Waals surface area contributed by atoms with E-state index in [2.05, 4.69) is 0 Å². The van der Waals surface area contributed by atoms with Crippen molar-refractivity contribution in [3.63, 3.8) is 0 Å². The van der Waals surface area contributed by atoms with Crippen LogP contribution in [0.4, 0.5) is 5.69 Å². The van der Waals surface area contributed by atoms with Gasteiger partial charge >= 0.3 is 0 Å². The fraction of sp³-hybridized carbons (Fsp3) is 0.391. The molecule has 1 atom stereocenters. The van der Waals surface area contributed by atoms with E-state index in [0.29, 0.717) is 49.9 Å². The molecule has 7 heteroatoms. The third-order valence-electron chi connectivity index (χ3n) is 5.19. The highest BCUT2D eigenvalue weighted by atomic mass is 16.5. The van der Waals surface area contributed by atoms with Gasteiger partial charge in [-0.15, -0.1) is 0 Å². The van der Waals surface area contributed by atoms with Gasteiger partial charge in [-0.05, 0) is 42.8 Å². The molecule has 0 aliphatic carbocycles. The van der Waals surface area contributed by atoms with Crippen LogP contribution in [0.2, 0.25) is 0 Å². The largest absolute Gasteiger partial charge is 0.494 e. The summed E-state index contributed by atoms with van der Waals surface area (Å²) in [5, 5.41) is 0. The van der Waals surface area contributed by atoms with Crippen LogP contribution >= 0.6 is 0 Å². The summed E-state index contributed by atoms with van der Waals surface area (Å²) in [6.07, 6.45) is 0.179. The normalized spacial score (nSPS) is 18.4. The highest BCUT2D eigenvalue weighted by molar-refractivity contribution is 6.08. The number of hydrogen-bond donors (Lipinski definition) is 0. The molecule has 7 nitrogen and oxygen atoms in total. The quantitative estimate of drug-likeness (QED) is 0.758. The van der Waals surface area contributed by atoms with E-state index in [1.54, 1.807) is 40.1 Å². The minimum atomic E-state index is -0.742. The first-order valence-corrected chi connectivity index (χ1v) is 10.3. The van der Waals surface area contributed by atoms with Gasteiger partial charge in [0.05, 0.1) is 32.1 Å². The van der Waals surface area contributed by atoms with Crippen LogP contribution in [0, 0.1) is 0 Å². The number of fused-ring (bicyclic) bond motifs is 1. The number of para-hydroxylation sites is 2. The molecule has 0 spiro atoms. The third-order valence-corrected chi connectivity index (χ3v) is 5.19. The van der Waals surface area contributed by atoms with Crippen molar-refractivity contribution in [1.29, 1.82) is 0 Å². The lowest BCUT2D eigenvalue weighted by atomic mass is 10.1. The number of morpholine rings is 1. The highest BCUT2D eigenvalue weighted by Crippen LogP contribution is 2.34. The van der Waals surface area contributed by atoms with Crippen LogP contribution in [0.5, 0.6) is 11.5 Å². The predicted molar refractivity (Wildman–Crippen MR) is 112 cm³/mol. The second kappa shape index (κ2) is 9.17. The van der Waals surface area contributed by atoms with Crippen molar-refractivity contribution >= 4 is 17.5 Å². The van der Waals surface area contributed by atoms with E-state index in [1.165, 1.54) is 0 Å². The molecule has 2 amide bonds. The predicted octanol–water partition coefficient (Wildman–Crippen LogP) is 2.74. The average Bonchev–Trinajstić information content (AvgIpc) is 2.82. The van der Waals surface area contributed by atoms with E-state index in [4.69, 9.17) is 14.2 Å². The number of carbonyl (C=O) groups is 2. The number of benzene rings is 2. The summed E-state index contributed by atoms with van der Waals surface area (Å²) in [6, 6.07) is 14.4. The molecule has 1 saturated heterocycles. The van der Waals surface area contributed by atoms with E-state index in [1.807, 2.05) is 25.1 Å². The number of amides is 2. The summed E-state index contributed by atoms with van der Waals surface area (Å²) in [7, 11) is 0. The third kappa shape index (κ3) is 4.26. The summed E-state index contributed by atoms with van der Waals surface area (Å²) in [6.45, 7) is 4.95. The number of carbonyl (C=O) groups excluding carboxylic acids is 2. The number of rotatable bonds is 5. The van der Waals surface area contributed by atoms with Gasteiger partial charge in [0.15, 0.2) is 6.10 Å². The fourth-order valence-electron chi connectivity index (χ4n) is 3.61. The van der Waals surface area contributed by atoms with E-state index in [0.717, 1.165) is 12.2 Å². The second-order valence-electron chi connectivity index (χ2n) is 7.30. The topological polar surface area (TPSA) is 68.3 Å². The molecule has 2 aromatic rings. The first-order chi connectivity index (χ1) is 14.7. The van der Waals surface area contributed by atoms with Crippen LogP contribution in [-0.2, 0) is 9.53 Å². The van der Waals surface area contributed by atoms with Crippen molar-refractivity contribution in [2.24, 2.45) is 0 Å². The summed E-state index contributed by atoms with van der Waals surface area (Å²) >= 11 is 0. The standard InChI is InChI=1S/C23H26N2O5/c1-2-13-29-18-9-7-17(8-10-18)22(26)25-16-21(23(27)24-11-14-28-15-12-24)30-20-6-4-3-5-19(20)25/h3-10,21H,2,11-16H2,1H3.